The number of nitrogens with zero attached hydrogens (tertiary/aromatic N) is 2. The second-order valence-corrected chi connectivity index (χ2v) is 11.4. The number of ether oxygens (including phenoxy) is 3. The number of fused-ring (bicyclic) bond motifs is 2. The van der Waals surface area contributed by atoms with Crippen molar-refractivity contribution in [2.45, 2.75) is 26.4 Å². The molecule has 1 heterocycles. The molecule has 0 saturated heterocycles. The summed E-state index contributed by atoms with van der Waals surface area (Å²) in [4.78, 5) is 32.1. The van der Waals surface area contributed by atoms with Crippen LogP contribution < -0.4 is 20.3 Å². The molecule has 4 aromatic carbocycles. The molecule has 0 saturated carbocycles. The fourth-order valence-electron chi connectivity index (χ4n) is 5.07. The van der Waals surface area contributed by atoms with Gasteiger partial charge in [0.15, 0.2) is 0 Å². The lowest BCUT2D eigenvalue weighted by Crippen LogP contribution is -2.27. The van der Waals surface area contributed by atoms with E-state index in [1.54, 1.807) is 24.3 Å². The summed E-state index contributed by atoms with van der Waals surface area (Å²) in [6.45, 7) is 3.52. The summed E-state index contributed by atoms with van der Waals surface area (Å²) in [6, 6.07) is 28.2. The highest BCUT2D eigenvalue weighted by Gasteiger charge is 2.14. The molecule has 0 aliphatic rings. The molecule has 5 aromatic rings. The monoisotopic (exact) mass is 674 g/mol. The van der Waals surface area contributed by atoms with Gasteiger partial charge < -0.3 is 24.4 Å². The van der Waals surface area contributed by atoms with E-state index < -0.39 is 12.2 Å². The Hall–Kier alpha value is -4.73. The van der Waals surface area contributed by atoms with Crippen molar-refractivity contribution >= 4 is 80.0 Å². The zero-order valence-corrected chi connectivity index (χ0v) is 27.5. The van der Waals surface area contributed by atoms with Gasteiger partial charge in [-0.05, 0) is 66.6 Å². The molecule has 0 unspecified atom stereocenters. The number of pyridine rings is 1. The number of carbonyl (C=O) groups is 2. The first-order chi connectivity index (χ1) is 23.0. The second-order valence-electron chi connectivity index (χ2n) is 10.7. The number of carbonyl (C=O) groups excluding carboxylic acids is 2. The molecule has 0 atom stereocenters. The van der Waals surface area contributed by atoms with Crippen molar-refractivity contribution in [3.63, 3.8) is 0 Å². The van der Waals surface area contributed by atoms with Crippen LogP contribution >= 0.6 is 23.2 Å². The Morgan fingerprint density at radius 3 is 2.09 bits per heavy atom. The maximum Gasteiger partial charge on any atom is 0.514 e. The molecular weight excluding hydrogens is 639 g/mol. The van der Waals surface area contributed by atoms with Crippen molar-refractivity contribution in [1.29, 1.82) is 0 Å². The lowest BCUT2D eigenvalue weighted by Gasteiger charge is -2.22. The number of unbranched alkanes of at least 4 members (excludes halogenated alkanes) is 1. The topological polar surface area (TPSA) is 102 Å². The van der Waals surface area contributed by atoms with Gasteiger partial charge in [0, 0.05) is 52.7 Å². The van der Waals surface area contributed by atoms with Gasteiger partial charge in [-0.2, -0.15) is 0 Å². The third-order valence-electron chi connectivity index (χ3n) is 7.30. The van der Waals surface area contributed by atoms with E-state index in [1.165, 1.54) is 0 Å². The SMILES string of the molecule is CCCCOC(=O)Nc1cc(COC(=O)Oc2ccc(N(CCCl)CCCl)cc2)cc(Nc2c3ccccc3nc3ccccc23)c1. The van der Waals surface area contributed by atoms with E-state index in [9.17, 15) is 9.59 Å². The molecule has 0 spiro atoms. The number of halogens is 2. The number of anilines is 4. The lowest BCUT2D eigenvalue weighted by atomic mass is 10.1. The Kier molecular flexibility index (Phi) is 12.0. The number of alkyl halides is 2. The molecule has 244 valence electrons. The Bertz CT molecular complexity index is 1760. The van der Waals surface area contributed by atoms with Gasteiger partial charge in [0.1, 0.15) is 12.4 Å². The van der Waals surface area contributed by atoms with Gasteiger partial charge in [-0.3, -0.25) is 5.32 Å². The summed E-state index contributed by atoms with van der Waals surface area (Å²) in [7, 11) is 0. The predicted molar refractivity (Wildman–Crippen MR) is 190 cm³/mol. The van der Waals surface area contributed by atoms with Crippen molar-refractivity contribution < 1.29 is 23.8 Å². The number of nitrogens with one attached hydrogen (secondary N) is 2. The third kappa shape index (κ3) is 9.18. The number of para-hydroxylation sites is 2. The highest BCUT2D eigenvalue weighted by atomic mass is 35.5. The zero-order valence-electron chi connectivity index (χ0n) is 26.0. The highest BCUT2D eigenvalue weighted by molar-refractivity contribution is 6.18. The van der Waals surface area contributed by atoms with Gasteiger partial charge in [0.2, 0.25) is 0 Å². The maximum atomic E-state index is 12.7. The fraction of sp³-hybridized carbons (Fsp3) is 0.250. The molecule has 0 aliphatic carbocycles. The van der Waals surface area contributed by atoms with E-state index in [2.05, 4.69) is 10.6 Å². The zero-order chi connectivity index (χ0) is 33.0. The standard InChI is InChI=1S/C36H36Cl2N4O5/c1-2-3-20-45-35(43)40-27-22-25(24-46-36(44)47-29-14-12-28(13-15-29)42(18-16-37)19-17-38)21-26(23-27)39-34-30-8-4-6-10-32(30)41-33-11-7-5-9-31(33)34/h4-15,21-23H,2-3,16-20,24H2,1H3,(H,39,41)(H,40,43). The summed E-state index contributed by atoms with van der Waals surface area (Å²) in [6.07, 6.45) is 0.234. The van der Waals surface area contributed by atoms with Crippen LogP contribution in [0.25, 0.3) is 21.8 Å². The minimum Gasteiger partial charge on any atom is -0.449 e. The Morgan fingerprint density at radius 1 is 0.809 bits per heavy atom. The first-order valence-electron chi connectivity index (χ1n) is 15.4. The quantitative estimate of drug-likeness (QED) is 0.0395. The summed E-state index contributed by atoms with van der Waals surface area (Å²) >= 11 is 11.8. The van der Waals surface area contributed by atoms with Crippen molar-refractivity contribution in [3.05, 3.63) is 96.6 Å². The van der Waals surface area contributed by atoms with Gasteiger partial charge in [-0.15, -0.1) is 23.2 Å². The predicted octanol–water partition coefficient (Wildman–Crippen LogP) is 9.48. The maximum absolute atomic E-state index is 12.7. The third-order valence-corrected chi connectivity index (χ3v) is 7.63. The lowest BCUT2D eigenvalue weighted by molar-refractivity contribution is 0.0927. The van der Waals surface area contributed by atoms with Gasteiger partial charge in [-0.25, -0.2) is 14.6 Å². The van der Waals surface area contributed by atoms with Crippen LogP contribution in [0, 0.1) is 0 Å². The van der Waals surface area contributed by atoms with E-state index in [4.69, 9.17) is 42.4 Å². The Labute approximate surface area is 283 Å². The van der Waals surface area contributed by atoms with Crippen LogP contribution in [0.5, 0.6) is 5.75 Å². The number of benzene rings is 4. The molecule has 0 fully saturated rings. The van der Waals surface area contributed by atoms with Crippen LogP contribution in [-0.2, 0) is 16.1 Å². The van der Waals surface area contributed by atoms with Crippen LogP contribution in [0.1, 0.15) is 25.3 Å². The van der Waals surface area contributed by atoms with Gasteiger partial charge in [0.05, 0.1) is 23.3 Å². The molecule has 0 bridgehead atoms. The number of hydrogen-bond acceptors (Lipinski definition) is 8. The average molecular weight is 676 g/mol. The molecule has 2 N–H and O–H groups in total. The smallest absolute Gasteiger partial charge is 0.449 e. The van der Waals surface area contributed by atoms with E-state index >= 15 is 0 Å². The number of hydrogen-bond donors (Lipinski definition) is 2. The summed E-state index contributed by atoms with van der Waals surface area (Å²) in [5, 5.41) is 8.20. The summed E-state index contributed by atoms with van der Waals surface area (Å²) < 4.78 is 16.2. The van der Waals surface area contributed by atoms with E-state index in [0.29, 0.717) is 54.1 Å². The van der Waals surface area contributed by atoms with Crippen LogP contribution in [0.3, 0.4) is 0 Å². The normalized spacial score (nSPS) is 10.9. The largest absolute Gasteiger partial charge is 0.514 e. The van der Waals surface area contributed by atoms with Gasteiger partial charge >= 0.3 is 12.2 Å². The average Bonchev–Trinajstić information content (AvgIpc) is 3.07. The van der Waals surface area contributed by atoms with E-state index in [-0.39, 0.29) is 6.61 Å². The van der Waals surface area contributed by atoms with Gasteiger partial charge in [-0.1, -0.05) is 49.7 Å². The molecule has 0 radical (unpaired) electrons. The van der Waals surface area contributed by atoms with Crippen molar-refractivity contribution in [1.82, 2.24) is 4.98 Å². The molecule has 9 nitrogen and oxygen atoms in total. The fourth-order valence-corrected chi connectivity index (χ4v) is 5.48. The molecule has 11 heteroatoms. The van der Waals surface area contributed by atoms with Crippen LogP contribution in [-0.4, -0.2) is 48.7 Å². The van der Waals surface area contributed by atoms with Crippen molar-refractivity contribution in [2.75, 3.05) is 47.0 Å². The minimum atomic E-state index is -0.867. The Balaban J connectivity index is 1.35. The number of aromatic nitrogens is 1. The summed E-state index contributed by atoms with van der Waals surface area (Å²) in [5.74, 6) is 1.26. The molecule has 5 rings (SSSR count). The Morgan fingerprint density at radius 2 is 1.45 bits per heavy atom. The minimum absolute atomic E-state index is 0.108. The first kappa shape index (κ1) is 33.6. The molecule has 1 aromatic heterocycles. The van der Waals surface area contributed by atoms with Crippen LogP contribution in [0.2, 0.25) is 0 Å². The molecule has 0 aliphatic heterocycles. The van der Waals surface area contributed by atoms with E-state index in [0.717, 1.165) is 46.0 Å². The molecule has 1 amide bonds. The van der Waals surface area contributed by atoms with Crippen LogP contribution in [0.4, 0.5) is 32.3 Å². The highest BCUT2D eigenvalue weighted by Crippen LogP contribution is 2.34. The van der Waals surface area contributed by atoms with E-state index in [1.807, 2.05) is 78.6 Å². The van der Waals surface area contributed by atoms with Crippen LogP contribution in [0.15, 0.2) is 91.0 Å². The number of rotatable bonds is 14. The van der Waals surface area contributed by atoms with Crippen molar-refractivity contribution in [2.24, 2.45) is 0 Å². The number of amides is 1. The first-order valence-corrected chi connectivity index (χ1v) is 16.5. The molecule has 47 heavy (non-hydrogen) atoms. The van der Waals surface area contributed by atoms with Crippen molar-refractivity contribution in [3.8, 4) is 5.75 Å². The van der Waals surface area contributed by atoms with Gasteiger partial charge in [0.25, 0.3) is 0 Å². The second kappa shape index (κ2) is 16.7. The summed E-state index contributed by atoms with van der Waals surface area (Å²) in [5.41, 5.74) is 5.21. The molecular formula is C36H36Cl2N4O5.